The van der Waals surface area contributed by atoms with Crippen LogP contribution in [0.5, 0.6) is 0 Å². The Hall–Kier alpha value is 2.21. The first kappa shape index (κ1) is 22.5. The first-order chi connectivity index (χ1) is 2.00. The van der Waals surface area contributed by atoms with E-state index < -0.39 is 7.82 Å². The van der Waals surface area contributed by atoms with Gasteiger partial charge in [-0.1, -0.05) is 0 Å². The normalized spacial score (nSPS) is 7.38. The Morgan fingerprint density at radius 3 is 1.25 bits per heavy atom. The summed E-state index contributed by atoms with van der Waals surface area (Å²) in [4.78, 5) is 21.6. The van der Waals surface area contributed by atoms with E-state index in [1.807, 2.05) is 0 Å². The first-order valence-corrected chi connectivity index (χ1v) is 2.35. The topological polar surface area (TPSA) is 77.8 Å². The second-order valence-corrected chi connectivity index (χ2v) is 1.54. The average molecular weight is 244 g/mol. The van der Waals surface area contributed by atoms with E-state index in [9.17, 15) is 0 Å². The second kappa shape index (κ2) is 9.21. The molecule has 0 aromatic carbocycles. The minimum atomic E-state index is -4.64. The Kier molecular flexibility index (Phi) is 25.9. The van der Waals surface area contributed by atoms with Gasteiger partial charge in [0.05, 0.1) is 0 Å². The molecule has 0 atom stereocenters. The van der Waals surface area contributed by atoms with Gasteiger partial charge in [0.15, 0.2) is 0 Å². The van der Waals surface area contributed by atoms with Crippen molar-refractivity contribution in [1.29, 1.82) is 0 Å². The zero-order chi connectivity index (χ0) is 4.50. The zero-order valence-corrected chi connectivity index (χ0v) is 12.0. The summed E-state index contributed by atoms with van der Waals surface area (Å²) in [6, 6.07) is 0. The standard InChI is InChI=1S/Na.H3O4P.H3Si.Zr.H/c;1-5(2,3)4;;;/h;(H3,1,2,3,4);1H3;;/q+1;;;;-1. The van der Waals surface area contributed by atoms with Crippen LogP contribution in [0, 0.1) is 0 Å². The van der Waals surface area contributed by atoms with Gasteiger partial charge in [-0.2, -0.15) is 0 Å². The summed E-state index contributed by atoms with van der Waals surface area (Å²) >= 11 is 0. The van der Waals surface area contributed by atoms with Crippen molar-refractivity contribution >= 4 is 18.8 Å². The largest absolute Gasteiger partial charge is 1.00 e. The van der Waals surface area contributed by atoms with Crippen LogP contribution >= 0.6 is 7.82 Å². The maximum absolute atomic E-state index is 8.88. The van der Waals surface area contributed by atoms with Crippen LogP contribution in [0.4, 0.5) is 0 Å². The van der Waals surface area contributed by atoms with Crippen molar-refractivity contribution in [1.82, 2.24) is 0 Å². The maximum Gasteiger partial charge on any atom is 1.00 e. The SMILES string of the molecule is O=P(O)(O)O.[H-].[Na+].[SiH3].[Zr]. The van der Waals surface area contributed by atoms with Crippen molar-refractivity contribution in [2.45, 2.75) is 0 Å². The third-order valence-corrected chi connectivity index (χ3v) is 0. The Bertz CT molecular complexity index is 66.7. The molecule has 0 spiro atoms. The van der Waals surface area contributed by atoms with Gasteiger partial charge in [-0.05, 0) is 11.0 Å². The van der Waals surface area contributed by atoms with Crippen molar-refractivity contribution in [2.75, 3.05) is 0 Å². The smallest absolute Gasteiger partial charge is 1.00 e. The number of hydrogen-bond donors (Lipinski definition) is 3. The van der Waals surface area contributed by atoms with E-state index in [4.69, 9.17) is 19.2 Å². The molecule has 0 amide bonds. The molecule has 0 aliphatic rings. The van der Waals surface area contributed by atoms with E-state index in [1.165, 1.54) is 0 Å². The van der Waals surface area contributed by atoms with E-state index in [0.29, 0.717) is 0 Å². The van der Waals surface area contributed by atoms with Crippen LogP contribution in [0.25, 0.3) is 0 Å². The monoisotopic (exact) mass is 243 g/mol. The Labute approximate surface area is 94.2 Å². The number of rotatable bonds is 0. The van der Waals surface area contributed by atoms with Gasteiger partial charge in [0.25, 0.3) is 0 Å². The molecular weight excluding hydrogens is 237 g/mol. The summed E-state index contributed by atoms with van der Waals surface area (Å²) in [7, 11) is -4.64. The van der Waals surface area contributed by atoms with Crippen LogP contribution in [-0.2, 0) is 30.8 Å². The minimum absolute atomic E-state index is 0. The molecule has 0 fully saturated rings. The van der Waals surface area contributed by atoms with Crippen molar-refractivity contribution in [3.63, 3.8) is 0 Å². The molecule has 4 nitrogen and oxygen atoms in total. The molecule has 0 aliphatic carbocycles. The molecule has 8 heavy (non-hydrogen) atoms. The van der Waals surface area contributed by atoms with Crippen LogP contribution < -0.4 is 29.6 Å². The summed E-state index contributed by atoms with van der Waals surface area (Å²) < 4.78 is 8.88. The van der Waals surface area contributed by atoms with E-state index in [1.54, 1.807) is 0 Å². The van der Waals surface area contributed by atoms with Gasteiger partial charge in [-0.15, -0.1) is 0 Å². The van der Waals surface area contributed by atoms with Crippen molar-refractivity contribution in [3.05, 3.63) is 0 Å². The fraction of sp³-hybridized carbons (Fsp3) is 0. The molecule has 0 bridgehead atoms. The minimum Gasteiger partial charge on any atom is -1.00 e. The molecule has 0 aromatic rings. The zero-order valence-electron chi connectivity index (χ0n) is 5.70. The fourth-order valence-electron chi connectivity index (χ4n) is 0. The number of hydrogen-bond acceptors (Lipinski definition) is 1. The summed E-state index contributed by atoms with van der Waals surface area (Å²) in [5.74, 6) is 0. The van der Waals surface area contributed by atoms with Gasteiger partial charge in [0.2, 0.25) is 0 Å². The predicted molar refractivity (Wildman–Crippen MR) is 25.3 cm³/mol. The van der Waals surface area contributed by atoms with Crippen molar-refractivity contribution < 1.29 is 76.4 Å². The summed E-state index contributed by atoms with van der Waals surface area (Å²) in [5.41, 5.74) is 0. The predicted octanol–water partition coefficient (Wildman–Crippen LogP) is -5.00. The van der Waals surface area contributed by atoms with Crippen LogP contribution in [0.3, 0.4) is 0 Å². The van der Waals surface area contributed by atoms with Gasteiger partial charge in [0.1, 0.15) is 0 Å². The van der Waals surface area contributed by atoms with E-state index >= 15 is 0 Å². The molecule has 1 radical (unpaired) electrons. The van der Waals surface area contributed by atoms with Crippen LogP contribution in [-0.4, -0.2) is 25.6 Å². The van der Waals surface area contributed by atoms with Crippen LogP contribution in [0.2, 0.25) is 0 Å². The van der Waals surface area contributed by atoms with Gasteiger partial charge >= 0.3 is 37.4 Å². The molecule has 3 N–H and O–H groups in total. The molecule has 45 valence electrons. The average Bonchev–Trinajstić information content (AvgIpc) is 0.722. The molecule has 0 heterocycles. The first-order valence-electron chi connectivity index (χ1n) is 0.783. The van der Waals surface area contributed by atoms with Gasteiger partial charge in [0, 0.05) is 26.2 Å². The molecule has 0 aliphatic heterocycles. The third kappa shape index (κ3) is 87.4. The Morgan fingerprint density at radius 2 is 1.25 bits per heavy atom. The number of phosphoric acid groups is 1. The Balaban J connectivity index is -0.0000000133. The molecular formula is H7NaO4PSiZr. The molecule has 0 rings (SSSR count). The fourth-order valence-corrected chi connectivity index (χ4v) is 0. The quantitative estimate of drug-likeness (QED) is 0.295. The van der Waals surface area contributed by atoms with E-state index in [0.717, 1.165) is 0 Å². The molecule has 8 heteroatoms. The molecule has 0 saturated heterocycles. The summed E-state index contributed by atoms with van der Waals surface area (Å²) in [5, 5.41) is 0. The van der Waals surface area contributed by atoms with E-state index in [-0.39, 0.29) is 68.2 Å². The van der Waals surface area contributed by atoms with Gasteiger partial charge in [-0.25, -0.2) is 4.57 Å². The second-order valence-electron chi connectivity index (χ2n) is 0.513. The third-order valence-electron chi connectivity index (χ3n) is 0. The molecule has 0 unspecified atom stereocenters. The molecule has 0 aromatic heterocycles. The molecule has 0 saturated carbocycles. The van der Waals surface area contributed by atoms with Crippen molar-refractivity contribution in [2.24, 2.45) is 0 Å². The van der Waals surface area contributed by atoms with Crippen molar-refractivity contribution in [3.8, 4) is 0 Å². The van der Waals surface area contributed by atoms with Gasteiger partial charge < -0.3 is 16.1 Å². The van der Waals surface area contributed by atoms with E-state index in [2.05, 4.69) is 0 Å². The summed E-state index contributed by atoms with van der Waals surface area (Å²) in [6.45, 7) is 0. The maximum atomic E-state index is 8.88. The Morgan fingerprint density at radius 1 is 1.25 bits per heavy atom. The van der Waals surface area contributed by atoms with Crippen LogP contribution in [0.15, 0.2) is 0 Å². The summed E-state index contributed by atoms with van der Waals surface area (Å²) in [6.07, 6.45) is 0. The van der Waals surface area contributed by atoms with Gasteiger partial charge in [-0.3, -0.25) is 0 Å². The van der Waals surface area contributed by atoms with Crippen LogP contribution in [0.1, 0.15) is 1.43 Å².